The van der Waals surface area contributed by atoms with Crippen LogP contribution in [0.5, 0.6) is 0 Å². The number of fused-ring (bicyclic) bond motifs is 3. The summed E-state index contributed by atoms with van der Waals surface area (Å²) < 4.78 is 0. The Balaban J connectivity index is 1.50. The molecule has 0 heterocycles. The Labute approximate surface area is 177 Å². The van der Waals surface area contributed by atoms with Crippen LogP contribution in [-0.2, 0) is 0 Å². The molecule has 0 unspecified atom stereocenters. The second-order valence-corrected chi connectivity index (χ2v) is 7.83. The molecular formula is C30H20. The Hall–Kier alpha value is -3.90. The van der Waals surface area contributed by atoms with E-state index in [9.17, 15) is 0 Å². The molecule has 0 heteroatoms. The molecule has 4 aliphatic rings. The van der Waals surface area contributed by atoms with Crippen molar-refractivity contribution in [1.82, 2.24) is 0 Å². The fourth-order valence-corrected chi connectivity index (χ4v) is 4.55. The lowest BCUT2D eigenvalue weighted by atomic mass is 10.0. The molecule has 30 heavy (non-hydrogen) atoms. The molecular weight excluding hydrogens is 360 g/mol. The largest absolute Gasteiger partial charge is 0.0622 e. The standard InChI is InChI=1S/C30H20/c1-2-12-29-25(18-23-16-14-21-8-4-6-10-27(21)23)20-26(30(29)13-3-1)19-24-17-15-22-9-5-7-11-28(22)24/h1-20H/b23-18-,24-19+. The SMILES string of the molecule is C1=Cc2ccccc2/C1=C\c1cc(/C=C2\C=Cc3ccccc32)c2cccccc1-2. The van der Waals surface area contributed by atoms with Crippen LogP contribution in [-0.4, -0.2) is 0 Å². The van der Waals surface area contributed by atoms with Gasteiger partial charge in [-0.3, -0.25) is 0 Å². The highest BCUT2D eigenvalue weighted by atomic mass is 14.2. The van der Waals surface area contributed by atoms with Gasteiger partial charge in [-0.05, 0) is 73.9 Å². The van der Waals surface area contributed by atoms with Gasteiger partial charge in [-0.25, -0.2) is 0 Å². The van der Waals surface area contributed by atoms with Crippen molar-refractivity contribution < 1.29 is 0 Å². The summed E-state index contributed by atoms with van der Waals surface area (Å²) in [5.74, 6) is 0. The zero-order valence-electron chi connectivity index (χ0n) is 16.5. The molecule has 0 atom stereocenters. The number of hydrogen-bond acceptors (Lipinski definition) is 0. The first-order valence-electron chi connectivity index (χ1n) is 10.4. The van der Waals surface area contributed by atoms with E-state index in [0.717, 1.165) is 0 Å². The Morgan fingerprint density at radius 3 is 1.37 bits per heavy atom. The molecule has 0 N–H and O–H groups in total. The topological polar surface area (TPSA) is 0 Å². The summed E-state index contributed by atoms with van der Waals surface area (Å²) in [7, 11) is 0. The Kier molecular flexibility index (Phi) is 3.89. The van der Waals surface area contributed by atoms with Crippen LogP contribution in [0.1, 0.15) is 33.4 Å². The van der Waals surface area contributed by atoms with Gasteiger partial charge in [0.15, 0.2) is 0 Å². The van der Waals surface area contributed by atoms with Gasteiger partial charge < -0.3 is 0 Å². The predicted molar refractivity (Wildman–Crippen MR) is 130 cm³/mol. The molecule has 140 valence electrons. The van der Waals surface area contributed by atoms with E-state index < -0.39 is 0 Å². The van der Waals surface area contributed by atoms with E-state index in [-0.39, 0.29) is 0 Å². The minimum absolute atomic E-state index is 1.26. The first-order chi connectivity index (χ1) is 14.9. The summed E-state index contributed by atoms with van der Waals surface area (Å²) in [6.07, 6.45) is 13.5. The fourth-order valence-electron chi connectivity index (χ4n) is 4.55. The predicted octanol–water partition coefficient (Wildman–Crippen LogP) is 7.93. The monoisotopic (exact) mass is 380 g/mol. The van der Waals surface area contributed by atoms with Crippen LogP contribution >= 0.6 is 0 Å². The van der Waals surface area contributed by atoms with Crippen molar-refractivity contribution in [2.24, 2.45) is 0 Å². The maximum atomic E-state index is 2.33. The van der Waals surface area contributed by atoms with Crippen LogP contribution in [0.15, 0.2) is 97.1 Å². The van der Waals surface area contributed by atoms with Crippen molar-refractivity contribution in [3.63, 3.8) is 0 Å². The zero-order chi connectivity index (χ0) is 19.9. The Bertz CT molecular complexity index is 1270. The summed E-state index contributed by atoms with van der Waals surface area (Å²) >= 11 is 0. The molecule has 0 amide bonds. The van der Waals surface area contributed by atoms with E-state index in [1.54, 1.807) is 0 Å². The number of rotatable bonds is 2. The highest BCUT2D eigenvalue weighted by Crippen LogP contribution is 2.39. The maximum absolute atomic E-state index is 2.33. The third kappa shape index (κ3) is 2.77. The van der Waals surface area contributed by atoms with Gasteiger partial charge >= 0.3 is 0 Å². The third-order valence-corrected chi connectivity index (χ3v) is 6.02. The number of benzene rings is 2. The molecule has 4 aliphatic carbocycles. The first kappa shape index (κ1) is 17.0. The van der Waals surface area contributed by atoms with Crippen molar-refractivity contribution in [3.8, 4) is 11.1 Å². The maximum Gasteiger partial charge on any atom is -0.0105 e. The minimum atomic E-state index is 1.26. The van der Waals surface area contributed by atoms with E-state index in [1.807, 2.05) is 0 Å². The number of allylic oxidation sites excluding steroid dienone is 4. The molecule has 0 radical (unpaired) electrons. The van der Waals surface area contributed by atoms with Gasteiger partial charge in [-0.2, -0.15) is 0 Å². The molecule has 0 aliphatic heterocycles. The van der Waals surface area contributed by atoms with Gasteiger partial charge in [-0.1, -0.05) is 103 Å². The lowest BCUT2D eigenvalue weighted by Crippen LogP contribution is -1.80. The first-order valence-corrected chi connectivity index (χ1v) is 10.4. The molecule has 2 aromatic rings. The average molecular weight is 380 g/mol. The molecule has 6 rings (SSSR count). The summed E-state index contributed by atoms with van der Waals surface area (Å²) in [5, 5.41) is 0. The van der Waals surface area contributed by atoms with Crippen LogP contribution in [0.25, 0.3) is 46.6 Å². The normalized spacial score (nSPS) is 16.5. The molecule has 0 aromatic heterocycles. The molecule has 0 saturated heterocycles. The van der Waals surface area contributed by atoms with E-state index in [1.165, 1.54) is 55.7 Å². The Morgan fingerprint density at radius 1 is 0.400 bits per heavy atom. The molecule has 0 saturated carbocycles. The van der Waals surface area contributed by atoms with Crippen LogP contribution in [0.2, 0.25) is 0 Å². The van der Waals surface area contributed by atoms with Crippen LogP contribution in [0, 0.1) is 0 Å². The lowest BCUT2D eigenvalue weighted by molar-refractivity contribution is 1.62. The van der Waals surface area contributed by atoms with Gasteiger partial charge in [0, 0.05) is 0 Å². The van der Waals surface area contributed by atoms with E-state index in [0.29, 0.717) is 0 Å². The highest BCUT2D eigenvalue weighted by Gasteiger charge is 2.17. The smallest absolute Gasteiger partial charge is 0.0105 e. The van der Waals surface area contributed by atoms with Crippen molar-refractivity contribution >= 4 is 35.5 Å². The van der Waals surface area contributed by atoms with Gasteiger partial charge in [0.25, 0.3) is 0 Å². The van der Waals surface area contributed by atoms with Crippen molar-refractivity contribution in [2.75, 3.05) is 0 Å². The molecule has 0 spiro atoms. The summed E-state index contributed by atoms with van der Waals surface area (Å²) in [6.45, 7) is 0. The second kappa shape index (κ2) is 6.86. The molecule has 2 aromatic carbocycles. The molecule has 0 fully saturated rings. The number of hydrogen-bond donors (Lipinski definition) is 0. The van der Waals surface area contributed by atoms with Crippen molar-refractivity contribution in [2.45, 2.75) is 0 Å². The van der Waals surface area contributed by atoms with E-state index in [2.05, 4.69) is 121 Å². The fraction of sp³-hybridized carbons (Fsp3) is 0. The third-order valence-electron chi connectivity index (χ3n) is 6.02. The summed E-state index contributed by atoms with van der Waals surface area (Å²) in [5.41, 5.74) is 12.8. The highest BCUT2D eigenvalue weighted by molar-refractivity contribution is 6.03. The van der Waals surface area contributed by atoms with Gasteiger partial charge in [-0.15, -0.1) is 0 Å². The summed E-state index contributed by atoms with van der Waals surface area (Å²) in [4.78, 5) is 0. The van der Waals surface area contributed by atoms with Gasteiger partial charge in [0.1, 0.15) is 0 Å². The van der Waals surface area contributed by atoms with Gasteiger partial charge in [0.05, 0.1) is 0 Å². The minimum Gasteiger partial charge on any atom is -0.0622 e. The van der Waals surface area contributed by atoms with E-state index in [4.69, 9.17) is 0 Å². The van der Waals surface area contributed by atoms with E-state index >= 15 is 0 Å². The van der Waals surface area contributed by atoms with Crippen LogP contribution in [0.4, 0.5) is 0 Å². The quantitative estimate of drug-likeness (QED) is 0.331. The van der Waals surface area contributed by atoms with Crippen LogP contribution in [0.3, 0.4) is 0 Å². The molecule has 0 nitrogen and oxygen atoms in total. The van der Waals surface area contributed by atoms with Gasteiger partial charge in [0.2, 0.25) is 0 Å². The molecule has 0 bridgehead atoms. The zero-order valence-corrected chi connectivity index (χ0v) is 16.5. The lowest BCUT2D eigenvalue weighted by Gasteiger charge is -2.02. The Morgan fingerprint density at radius 2 is 0.833 bits per heavy atom. The second-order valence-electron chi connectivity index (χ2n) is 7.83. The van der Waals surface area contributed by atoms with Crippen molar-refractivity contribution in [1.29, 1.82) is 0 Å². The summed E-state index contributed by atoms with van der Waals surface area (Å²) in [6, 6.07) is 30.3. The average Bonchev–Trinajstić information content (AvgIpc) is 3.40. The van der Waals surface area contributed by atoms with Crippen LogP contribution < -0.4 is 0 Å². The van der Waals surface area contributed by atoms with Crippen molar-refractivity contribution in [3.05, 3.63) is 130 Å².